The first kappa shape index (κ1) is 10.6. The van der Waals surface area contributed by atoms with Crippen LogP contribution in [0.4, 0.5) is 4.39 Å². The summed E-state index contributed by atoms with van der Waals surface area (Å²) < 4.78 is 15.4. The van der Waals surface area contributed by atoms with E-state index >= 15 is 0 Å². The number of nitrogens with two attached hydrogens (primary N) is 1. The van der Waals surface area contributed by atoms with Crippen LogP contribution in [0.1, 0.15) is 5.56 Å². The lowest BCUT2D eigenvalue weighted by molar-refractivity contribution is 0.618. The van der Waals surface area contributed by atoms with Crippen molar-refractivity contribution in [2.75, 3.05) is 6.54 Å². The number of imidazole rings is 1. The molecule has 0 atom stereocenters. The standard InChI is InChI=1S/C12H12FN3/c13-11-8-10(2-1-5-14)3-4-12(11)16-7-6-15-9-16/h1-4,6-9H,5,14H2/b2-1+. The van der Waals surface area contributed by atoms with Gasteiger partial charge in [-0.3, -0.25) is 0 Å². The van der Waals surface area contributed by atoms with Gasteiger partial charge in [-0.25, -0.2) is 9.37 Å². The van der Waals surface area contributed by atoms with E-state index < -0.39 is 0 Å². The molecule has 2 rings (SSSR count). The van der Waals surface area contributed by atoms with E-state index in [0.717, 1.165) is 5.56 Å². The van der Waals surface area contributed by atoms with Crippen molar-refractivity contribution in [2.45, 2.75) is 0 Å². The molecule has 0 bridgehead atoms. The molecule has 0 spiro atoms. The van der Waals surface area contributed by atoms with E-state index in [2.05, 4.69) is 4.98 Å². The van der Waals surface area contributed by atoms with Gasteiger partial charge in [-0.15, -0.1) is 0 Å². The van der Waals surface area contributed by atoms with Crippen LogP contribution in [0.15, 0.2) is 43.0 Å². The molecule has 2 aromatic rings. The third-order valence-corrected chi connectivity index (χ3v) is 2.20. The molecule has 0 saturated carbocycles. The molecule has 0 aliphatic carbocycles. The van der Waals surface area contributed by atoms with Crippen LogP contribution in [0.25, 0.3) is 11.8 Å². The third-order valence-electron chi connectivity index (χ3n) is 2.20. The van der Waals surface area contributed by atoms with Crippen LogP contribution in [0, 0.1) is 5.82 Å². The fourth-order valence-electron chi connectivity index (χ4n) is 1.44. The van der Waals surface area contributed by atoms with Gasteiger partial charge in [0.05, 0.1) is 12.0 Å². The molecule has 82 valence electrons. The number of aromatic nitrogens is 2. The summed E-state index contributed by atoms with van der Waals surface area (Å²) in [5.41, 5.74) is 6.61. The summed E-state index contributed by atoms with van der Waals surface area (Å²) in [6, 6.07) is 5.03. The fourth-order valence-corrected chi connectivity index (χ4v) is 1.44. The van der Waals surface area contributed by atoms with Crippen LogP contribution in [0.5, 0.6) is 0 Å². The van der Waals surface area contributed by atoms with Crippen LogP contribution in [-0.4, -0.2) is 16.1 Å². The van der Waals surface area contributed by atoms with E-state index in [-0.39, 0.29) is 5.82 Å². The molecule has 3 nitrogen and oxygen atoms in total. The Morgan fingerprint density at radius 1 is 1.44 bits per heavy atom. The Bertz CT molecular complexity index is 489. The molecule has 1 aromatic carbocycles. The van der Waals surface area contributed by atoms with E-state index in [1.165, 1.54) is 6.07 Å². The summed E-state index contributed by atoms with van der Waals surface area (Å²) >= 11 is 0. The smallest absolute Gasteiger partial charge is 0.147 e. The molecule has 0 amide bonds. The van der Waals surface area contributed by atoms with E-state index in [9.17, 15) is 4.39 Å². The molecule has 2 N–H and O–H groups in total. The average molecular weight is 217 g/mol. The summed E-state index contributed by atoms with van der Waals surface area (Å²) in [6.07, 6.45) is 8.45. The molecule has 1 heterocycles. The van der Waals surface area contributed by atoms with Crippen molar-refractivity contribution in [2.24, 2.45) is 5.73 Å². The van der Waals surface area contributed by atoms with E-state index in [4.69, 9.17) is 5.73 Å². The topological polar surface area (TPSA) is 43.8 Å². The monoisotopic (exact) mass is 217 g/mol. The summed E-state index contributed by atoms with van der Waals surface area (Å²) in [5, 5.41) is 0. The first-order valence-electron chi connectivity index (χ1n) is 4.96. The summed E-state index contributed by atoms with van der Waals surface area (Å²) in [6.45, 7) is 0.449. The second-order valence-corrected chi connectivity index (χ2v) is 3.32. The maximum atomic E-state index is 13.7. The largest absolute Gasteiger partial charge is 0.327 e. The van der Waals surface area contributed by atoms with Crippen molar-refractivity contribution in [3.05, 3.63) is 54.4 Å². The highest BCUT2D eigenvalue weighted by molar-refractivity contribution is 5.52. The zero-order chi connectivity index (χ0) is 11.4. The molecular weight excluding hydrogens is 205 g/mol. The minimum Gasteiger partial charge on any atom is -0.327 e. The second-order valence-electron chi connectivity index (χ2n) is 3.32. The summed E-state index contributed by atoms with van der Waals surface area (Å²) in [5.74, 6) is -0.280. The Morgan fingerprint density at radius 2 is 2.31 bits per heavy atom. The Labute approximate surface area is 93.0 Å². The lowest BCUT2D eigenvalue weighted by Gasteiger charge is -2.04. The lowest BCUT2D eigenvalue weighted by Crippen LogP contribution is -1.95. The quantitative estimate of drug-likeness (QED) is 0.854. The van der Waals surface area contributed by atoms with Gasteiger partial charge in [-0.2, -0.15) is 0 Å². The number of hydrogen-bond donors (Lipinski definition) is 1. The highest BCUT2D eigenvalue weighted by Gasteiger charge is 2.03. The van der Waals surface area contributed by atoms with Gasteiger partial charge in [0.2, 0.25) is 0 Å². The normalized spacial score (nSPS) is 11.1. The van der Waals surface area contributed by atoms with Crippen LogP contribution < -0.4 is 5.73 Å². The van der Waals surface area contributed by atoms with Gasteiger partial charge in [-0.1, -0.05) is 18.2 Å². The van der Waals surface area contributed by atoms with Gasteiger partial charge < -0.3 is 10.3 Å². The molecule has 0 aliphatic heterocycles. The van der Waals surface area contributed by atoms with Crippen molar-refractivity contribution in [3.8, 4) is 5.69 Å². The minimum atomic E-state index is -0.280. The Kier molecular flexibility index (Phi) is 3.12. The minimum absolute atomic E-state index is 0.280. The van der Waals surface area contributed by atoms with Crippen molar-refractivity contribution < 1.29 is 4.39 Å². The van der Waals surface area contributed by atoms with Gasteiger partial charge in [0.25, 0.3) is 0 Å². The molecular formula is C12H12FN3. The molecule has 0 saturated heterocycles. The predicted molar refractivity (Wildman–Crippen MR) is 61.6 cm³/mol. The maximum Gasteiger partial charge on any atom is 0.147 e. The fraction of sp³-hybridized carbons (Fsp3) is 0.0833. The second kappa shape index (κ2) is 4.72. The number of benzene rings is 1. The van der Waals surface area contributed by atoms with E-state index in [1.54, 1.807) is 41.5 Å². The molecule has 0 radical (unpaired) electrons. The highest BCUT2D eigenvalue weighted by atomic mass is 19.1. The number of hydrogen-bond acceptors (Lipinski definition) is 2. The van der Waals surface area contributed by atoms with Crippen LogP contribution >= 0.6 is 0 Å². The molecule has 1 aromatic heterocycles. The third kappa shape index (κ3) is 2.17. The molecule has 0 aliphatic rings. The van der Waals surface area contributed by atoms with Crippen LogP contribution in [-0.2, 0) is 0 Å². The maximum absolute atomic E-state index is 13.7. The summed E-state index contributed by atoms with van der Waals surface area (Å²) in [7, 11) is 0. The first-order valence-corrected chi connectivity index (χ1v) is 4.96. The molecule has 16 heavy (non-hydrogen) atoms. The van der Waals surface area contributed by atoms with Gasteiger partial charge >= 0.3 is 0 Å². The van der Waals surface area contributed by atoms with Crippen molar-refractivity contribution in [1.29, 1.82) is 0 Å². The first-order chi connectivity index (χ1) is 7.81. The lowest BCUT2D eigenvalue weighted by atomic mass is 10.2. The summed E-state index contributed by atoms with van der Waals surface area (Å²) in [4.78, 5) is 3.88. The van der Waals surface area contributed by atoms with E-state index in [0.29, 0.717) is 12.2 Å². The van der Waals surface area contributed by atoms with Crippen LogP contribution in [0.3, 0.4) is 0 Å². The average Bonchev–Trinajstić information content (AvgIpc) is 2.80. The molecule has 0 fully saturated rings. The van der Waals surface area contributed by atoms with Crippen molar-refractivity contribution in [1.82, 2.24) is 9.55 Å². The SMILES string of the molecule is NC/C=C/c1ccc(-n2ccnc2)c(F)c1. The zero-order valence-electron chi connectivity index (χ0n) is 8.68. The molecule has 0 unspecified atom stereocenters. The number of rotatable bonds is 3. The van der Waals surface area contributed by atoms with Gasteiger partial charge in [0.15, 0.2) is 0 Å². The van der Waals surface area contributed by atoms with Gasteiger partial charge in [0.1, 0.15) is 5.82 Å². The molecule has 4 heteroatoms. The Balaban J connectivity index is 2.34. The number of halogens is 1. The highest BCUT2D eigenvalue weighted by Crippen LogP contribution is 2.15. The van der Waals surface area contributed by atoms with Gasteiger partial charge in [0, 0.05) is 18.9 Å². The zero-order valence-corrected chi connectivity index (χ0v) is 8.68. The van der Waals surface area contributed by atoms with E-state index in [1.807, 2.05) is 6.07 Å². The predicted octanol–water partition coefficient (Wildman–Crippen LogP) is 1.98. The van der Waals surface area contributed by atoms with Crippen molar-refractivity contribution in [3.63, 3.8) is 0 Å². The number of nitrogens with zero attached hydrogens (tertiary/aromatic N) is 2. The van der Waals surface area contributed by atoms with Gasteiger partial charge in [-0.05, 0) is 17.7 Å². The van der Waals surface area contributed by atoms with Crippen LogP contribution in [0.2, 0.25) is 0 Å². The Morgan fingerprint density at radius 3 is 2.94 bits per heavy atom. The Hall–Kier alpha value is -1.94. The van der Waals surface area contributed by atoms with Crippen molar-refractivity contribution >= 4 is 6.08 Å².